The van der Waals surface area contributed by atoms with E-state index < -0.39 is 0 Å². The zero-order valence-corrected chi connectivity index (χ0v) is 23.7. The fourth-order valence-electron chi connectivity index (χ4n) is 6.54. The van der Waals surface area contributed by atoms with Gasteiger partial charge in [-0.15, -0.1) is 12.4 Å². The van der Waals surface area contributed by atoms with Crippen LogP contribution in [0.5, 0.6) is 0 Å². The molecule has 0 spiro atoms. The predicted molar refractivity (Wildman–Crippen MR) is 156 cm³/mol. The molecular weight excluding hydrogens is 516 g/mol. The van der Waals surface area contributed by atoms with Crippen LogP contribution in [0.3, 0.4) is 0 Å². The summed E-state index contributed by atoms with van der Waals surface area (Å²) in [5, 5.41) is 4.97. The average Bonchev–Trinajstić information content (AvgIpc) is 3.20. The smallest absolute Gasteiger partial charge is 0.0484 e. The third-order valence-corrected chi connectivity index (χ3v) is 8.93. The minimum absolute atomic E-state index is 0. The van der Waals surface area contributed by atoms with Crippen LogP contribution >= 0.6 is 28.3 Å². The second-order valence-electron chi connectivity index (χ2n) is 11.0. The molecule has 1 unspecified atom stereocenters. The van der Waals surface area contributed by atoms with Crippen molar-refractivity contribution in [1.29, 1.82) is 0 Å². The highest BCUT2D eigenvalue weighted by atomic mass is 79.9. The van der Waals surface area contributed by atoms with Crippen LogP contribution in [0.2, 0.25) is 0 Å². The van der Waals surface area contributed by atoms with Gasteiger partial charge in [0.15, 0.2) is 0 Å². The lowest BCUT2D eigenvalue weighted by molar-refractivity contribution is 0.322. The molecule has 0 radical (unpaired) electrons. The van der Waals surface area contributed by atoms with Crippen LogP contribution in [-0.4, -0.2) is 17.7 Å². The summed E-state index contributed by atoms with van der Waals surface area (Å²) in [5.41, 5.74) is 5.80. The summed E-state index contributed by atoms with van der Waals surface area (Å²) in [6, 6.07) is 16.2. The van der Waals surface area contributed by atoms with Crippen LogP contribution in [0.1, 0.15) is 86.8 Å². The summed E-state index contributed by atoms with van der Waals surface area (Å²) in [7, 11) is 0. The molecule has 1 saturated carbocycles. The SMILES string of the molecule is Cc1cccc(C(CCCC2CCNCC2)c2cn(CC3CCCCC3)c3ccc(Br)cc23)c1.Cl. The van der Waals surface area contributed by atoms with Gasteiger partial charge in [-0.1, -0.05) is 77.9 Å². The summed E-state index contributed by atoms with van der Waals surface area (Å²) in [6.45, 7) is 5.82. The van der Waals surface area contributed by atoms with Crippen molar-refractivity contribution in [2.45, 2.75) is 83.6 Å². The van der Waals surface area contributed by atoms with Gasteiger partial charge in [0.1, 0.15) is 0 Å². The molecule has 1 atom stereocenters. The highest BCUT2D eigenvalue weighted by molar-refractivity contribution is 9.10. The van der Waals surface area contributed by atoms with Crippen LogP contribution in [0.25, 0.3) is 10.9 Å². The van der Waals surface area contributed by atoms with E-state index in [4.69, 9.17) is 0 Å². The Hall–Kier alpha value is -1.29. The average molecular weight is 558 g/mol. The second-order valence-corrected chi connectivity index (χ2v) is 11.9. The van der Waals surface area contributed by atoms with Crippen molar-refractivity contribution < 1.29 is 0 Å². The molecular formula is C31H42BrClN2. The Morgan fingerprint density at radius 1 is 0.971 bits per heavy atom. The van der Waals surface area contributed by atoms with Crippen molar-refractivity contribution in [3.63, 3.8) is 0 Å². The minimum atomic E-state index is 0. The van der Waals surface area contributed by atoms with Gasteiger partial charge in [-0.2, -0.15) is 0 Å². The maximum absolute atomic E-state index is 3.78. The van der Waals surface area contributed by atoms with Crippen molar-refractivity contribution in [2.75, 3.05) is 13.1 Å². The molecule has 5 rings (SSSR count). The van der Waals surface area contributed by atoms with E-state index in [1.165, 1.54) is 116 Å². The number of rotatable bonds is 8. The van der Waals surface area contributed by atoms with Gasteiger partial charge in [0.2, 0.25) is 0 Å². The first kappa shape index (κ1) is 26.8. The van der Waals surface area contributed by atoms with Gasteiger partial charge in [0, 0.05) is 34.0 Å². The molecule has 1 N–H and O–H groups in total. The maximum Gasteiger partial charge on any atom is 0.0484 e. The Bertz CT molecular complexity index is 1080. The van der Waals surface area contributed by atoms with E-state index in [-0.39, 0.29) is 12.4 Å². The molecule has 2 nitrogen and oxygen atoms in total. The number of nitrogens with one attached hydrogen (secondary N) is 1. The van der Waals surface area contributed by atoms with Crippen LogP contribution in [0.4, 0.5) is 0 Å². The van der Waals surface area contributed by atoms with Crippen molar-refractivity contribution in [2.24, 2.45) is 11.8 Å². The molecule has 4 heteroatoms. The molecule has 1 aliphatic carbocycles. The van der Waals surface area contributed by atoms with Gasteiger partial charge in [-0.25, -0.2) is 0 Å². The van der Waals surface area contributed by atoms with E-state index in [0.717, 1.165) is 11.8 Å². The Labute approximate surface area is 226 Å². The van der Waals surface area contributed by atoms with Crippen LogP contribution in [-0.2, 0) is 6.54 Å². The molecule has 0 amide bonds. The Morgan fingerprint density at radius 2 is 1.77 bits per heavy atom. The van der Waals surface area contributed by atoms with Crippen LogP contribution in [0, 0.1) is 18.8 Å². The van der Waals surface area contributed by atoms with E-state index in [1.807, 2.05) is 0 Å². The lowest BCUT2D eigenvalue weighted by atomic mass is 9.84. The van der Waals surface area contributed by atoms with E-state index in [0.29, 0.717) is 5.92 Å². The molecule has 190 valence electrons. The van der Waals surface area contributed by atoms with Gasteiger partial charge in [-0.05, 0) is 93.3 Å². The van der Waals surface area contributed by atoms with Crippen molar-refractivity contribution in [1.82, 2.24) is 9.88 Å². The summed E-state index contributed by atoms with van der Waals surface area (Å²) < 4.78 is 3.79. The molecule has 3 aromatic rings. The standard InChI is InChI=1S/C31H41BrN2.ClH/c1-23-7-5-11-26(19-23)28(12-6-10-24-15-17-33-18-16-24)30-22-34(21-25-8-3-2-4-9-25)31-14-13-27(32)20-29(30)31;/h5,7,11,13-14,19-20,22,24-25,28,33H,2-4,6,8-10,12,15-18,21H2,1H3;1H. The number of halogens is 2. The van der Waals surface area contributed by atoms with Crippen molar-refractivity contribution >= 4 is 39.2 Å². The number of benzene rings is 2. The molecule has 2 heterocycles. The van der Waals surface area contributed by atoms with Crippen LogP contribution in [0.15, 0.2) is 53.1 Å². The molecule has 2 aromatic carbocycles. The monoisotopic (exact) mass is 556 g/mol. The third-order valence-electron chi connectivity index (χ3n) is 8.44. The molecule has 1 saturated heterocycles. The summed E-state index contributed by atoms with van der Waals surface area (Å²) in [6.07, 6.45) is 16.2. The number of nitrogens with zero attached hydrogens (tertiary/aromatic N) is 1. The fraction of sp³-hybridized carbons (Fsp3) is 0.548. The number of fused-ring (bicyclic) bond motifs is 1. The normalized spacial score (nSPS) is 18.5. The number of hydrogen-bond acceptors (Lipinski definition) is 1. The second kappa shape index (κ2) is 12.8. The molecule has 2 aliphatic rings. The summed E-state index contributed by atoms with van der Waals surface area (Å²) in [4.78, 5) is 0. The van der Waals surface area contributed by atoms with Gasteiger partial charge < -0.3 is 9.88 Å². The highest BCUT2D eigenvalue weighted by Crippen LogP contribution is 2.39. The van der Waals surface area contributed by atoms with E-state index in [1.54, 1.807) is 0 Å². The first-order valence-corrected chi connectivity index (χ1v) is 14.5. The fourth-order valence-corrected chi connectivity index (χ4v) is 6.90. The topological polar surface area (TPSA) is 17.0 Å². The lowest BCUT2D eigenvalue weighted by Crippen LogP contribution is -2.27. The minimum Gasteiger partial charge on any atom is -0.347 e. The van der Waals surface area contributed by atoms with Gasteiger partial charge in [-0.3, -0.25) is 0 Å². The van der Waals surface area contributed by atoms with Crippen molar-refractivity contribution in [3.05, 3.63) is 69.8 Å². The summed E-state index contributed by atoms with van der Waals surface area (Å²) in [5.74, 6) is 2.20. The molecule has 1 aliphatic heterocycles. The Morgan fingerprint density at radius 3 is 2.54 bits per heavy atom. The highest BCUT2D eigenvalue weighted by Gasteiger charge is 2.23. The van der Waals surface area contributed by atoms with Gasteiger partial charge in [0.05, 0.1) is 0 Å². The van der Waals surface area contributed by atoms with E-state index in [2.05, 4.69) is 81.4 Å². The molecule has 35 heavy (non-hydrogen) atoms. The number of aryl methyl sites for hydroxylation is 1. The predicted octanol–water partition coefficient (Wildman–Crippen LogP) is 9.02. The number of hydrogen-bond donors (Lipinski definition) is 1. The largest absolute Gasteiger partial charge is 0.347 e. The molecule has 0 bridgehead atoms. The van der Waals surface area contributed by atoms with Crippen molar-refractivity contribution in [3.8, 4) is 0 Å². The molecule has 2 fully saturated rings. The Balaban J connectivity index is 0.00000289. The quantitative estimate of drug-likeness (QED) is 0.292. The summed E-state index contributed by atoms with van der Waals surface area (Å²) >= 11 is 3.78. The Kier molecular flexibility index (Phi) is 9.78. The van der Waals surface area contributed by atoms with E-state index >= 15 is 0 Å². The van der Waals surface area contributed by atoms with Gasteiger partial charge in [0.25, 0.3) is 0 Å². The van der Waals surface area contributed by atoms with Crippen LogP contribution < -0.4 is 5.32 Å². The first-order chi connectivity index (χ1) is 16.7. The zero-order chi connectivity index (χ0) is 23.3. The van der Waals surface area contributed by atoms with E-state index in [9.17, 15) is 0 Å². The number of piperidine rings is 1. The maximum atomic E-state index is 3.78. The number of aromatic nitrogens is 1. The first-order valence-electron chi connectivity index (χ1n) is 13.7. The molecule has 1 aromatic heterocycles. The van der Waals surface area contributed by atoms with Gasteiger partial charge >= 0.3 is 0 Å². The third kappa shape index (κ3) is 6.73. The lowest BCUT2D eigenvalue weighted by Gasteiger charge is -2.24. The zero-order valence-electron chi connectivity index (χ0n) is 21.3.